The summed E-state index contributed by atoms with van der Waals surface area (Å²) in [6.45, 7) is 4.95. The van der Waals surface area contributed by atoms with Gasteiger partial charge in [0.25, 0.3) is 0 Å². The van der Waals surface area contributed by atoms with Crippen LogP contribution in [0.2, 0.25) is 0 Å². The molecule has 0 bridgehead atoms. The first-order valence-electron chi connectivity index (χ1n) is 6.73. The monoisotopic (exact) mass is 287 g/mol. The molecule has 1 N–H and O–H groups in total. The van der Waals surface area contributed by atoms with E-state index in [4.69, 9.17) is 5.26 Å². The summed E-state index contributed by atoms with van der Waals surface area (Å²) in [6, 6.07) is 1.96. The Morgan fingerprint density at radius 1 is 1.32 bits per heavy atom. The maximum atomic E-state index is 11.5. The second kappa shape index (κ2) is 5.75. The largest absolute Gasteiger partial charge is 0.390 e. The number of nitriles is 1. The van der Waals surface area contributed by atoms with E-state index in [0.717, 1.165) is 32.6 Å². The standard InChI is InChI=1S/C12H21N3O3S/c1-2-10(7-13)14-3-5-15(6-4-14)11-8-19(17,18)9-12(11)16/h10-12,16H,2-6,8-9H2,1H3. The summed E-state index contributed by atoms with van der Waals surface area (Å²) in [4.78, 5) is 4.18. The lowest BCUT2D eigenvalue weighted by molar-refractivity contribution is 0.0376. The third-order valence-corrected chi connectivity index (χ3v) is 5.79. The van der Waals surface area contributed by atoms with Gasteiger partial charge in [0.2, 0.25) is 0 Å². The molecule has 108 valence electrons. The highest BCUT2D eigenvalue weighted by atomic mass is 32.2. The minimum absolute atomic E-state index is 0.0561. The third kappa shape index (κ3) is 3.26. The zero-order valence-electron chi connectivity index (χ0n) is 11.2. The molecule has 2 saturated heterocycles. The summed E-state index contributed by atoms with van der Waals surface area (Å²) in [5.74, 6) is -0.0582. The number of hydrogen-bond acceptors (Lipinski definition) is 6. The molecular formula is C12H21N3O3S. The van der Waals surface area contributed by atoms with Crippen LogP contribution in [-0.4, -0.2) is 79.2 Å². The van der Waals surface area contributed by atoms with Gasteiger partial charge in [-0.3, -0.25) is 9.80 Å². The molecule has 2 rings (SSSR count). The van der Waals surface area contributed by atoms with Gasteiger partial charge < -0.3 is 5.11 Å². The molecule has 2 fully saturated rings. The van der Waals surface area contributed by atoms with E-state index in [-0.39, 0.29) is 23.6 Å². The van der Waals surface area contributed by atoms with Crippen molar-refractivity contribution in [2.75, 3.05) is 37.7 Å². The van der Waals surface area contributed by atoms with Crippen molar-refractivity contribution < 1.29 is 13.5 Å². The van der Waals surface area contributed by atoms with Gasteiger partial charge in [0.05, 0.1) is 35.8 Å². The Labute approximate surface area is 114 Å². The molecule has 6 nitrogen and oxygen atoms in total. The van der Waals surface area contributed by atoms with Crippen LogP contribution in [-0.2, 0) is 9.84 Å². The maximum Gasteiger partial charge on any atom is 0.154 e. The van der Waals surface area contributed by atoms with Crippen LogP contribution in [0.25, 0.3) is 0 Å². The summed E-state index contributed by atoms with van der Waals surface area (Å²) in [6.07, 6.45) is 0.0335. The molecule has 0 aromatic carbocycles. The average Bonchev–Trinajstić information content (AvgIpc) is 2.65. The number of aliphatic hydroxyl groups is 1. The number of hydrogen-bond donors (Lipinski definition) is 1. The van der Waals surface area contributed by atoms with E-state index in [1.54, 1.807) is 0 Å². The maximum absolute atomic E-state index is 11.5. The van der Waals surface area contributed by atoms with E-state index < -0.39 is 15.9 Å². The Morgan fingerprint density at radius 3 is 2.37 bits per heavy atom. The van der Waals surface area contributed by atoms with Crippen molar-refractivity contribution in [3.05, 3.63) is 0 Å². The van der Waals surface area contributed by atoms with Crippen molar-refractivity contribution in [3.8, 4) is 6.07 Å². The van der Waals surface area contributed by atoms with E-state index in [1.807, 2.05) is 6.92 Å². The number of sulfone groups is 1. The highest BCUT2D eigenvalue weighted by Gasteiger charge is 2.41. The second-order valence-corrected chi connectivity index (χ2v) is 7.49. The molecule has 0 aliphatic carbocycles. The average molecular weight is 287 g/mol. The highest BCUT2D eigenvalue weighted by molar-refractivity contribution is 7.91. The van der Waals surface area contributed by atoms with Gasteiger partial charge >= 0.3 is 0 Å². The van der Waals surface area contributed by atoms with Gasteiger partial charge in [0, 0.05) is 26.2 Å². The van der Waals surface area contributed by atoms with Crippen molar-refractivity contribution in [1.82, 2.24) is 9.80 Å². The fraction of sp³-hybridized carbons (Fsp3) is 0.917. The molecule has 2 aliphatic rings. The van der Waals surface area contributed by atoms with E-state index >= 15 is 0 Å². The lowest BCUT2D eigenvalue weighted by Crippen LogP contribution is -2.55. The van der Waals surface area contributed by atoms with Crippen molar-refractivity contribution >= 4 is 9.84 Å². The third-order valence-electron chi connectivity index (χ3n) is 4.09. The fourth-order valence-electron chi connectivity index (χ4n) is 2.97. The number of aliphatic hydroxyl groups excluding tert-OH is 1. The van der Waals surface area contributed by atoms with Crippen LogP contribution < -0.4 is 0 Å². The van der Waals surface area contributed by atoms with Crippen molar-refractivity contribution in [2.45, 2.75) is 31.5 Å². The van der Waals surface area contributed by atoms with Crippen molar-refractivity contribution in [3.63, 3.8) is 0 Å². The van der Waals surface area contributed by atoms with Crippen molar-refractivity contribution in [2.24, 2.45) is 0 Å². The lowest BCUT2D eigenvalue weighted by Gasteiger charge is -2.39. The van der Waals surface area contributed by atoms with E-state index in [9.17, 15) is 13.5 Å². The molecule has 3 unspecified atom stereocenters. The summed E-state index contributed by atoms with van der Waals surface area (Å²) in [5.41, 5.74) is 0. The first-order chi connectivity index (χ1) is 8.96. The van der Waals surface area contributed by atoms with Gasteiger partial charge in [0.15, 0.2) is 9.84 Å². The summed E-state index contributed by atoms with van der Waals surface area (Å²) in [5, 5.41) is 18.9. The topological polar surface area (TPSA) is 84.6 Å². The molecule has 0 aromatic heterocycles. The molecule has 19 heavy (non-hydrogen) atoms. The molecule has 2 heterocycles. The van der Waals surface area contributed by atoms with E-state index in [1.165, 1.54) is 0 Å². The summed E-state index contributed by atoms with van der Waals surface area (Å²) < 4.78 is 23.0. The normalized spacial score (nSPS) is 33.9. The Bertz CT molecular complexity index is 451. The van der Waals surface area contributed by atoms with Gasteiger partial charge in [-0.25, -0.2) is 8.42 Å². The van der Waals surface area contributed by atoms with Gasteiger partial charge in [-0.05, 0) is 6.42 Å². The van der Waals surface area contributed by atoms with Gasteiger partial charge in [-0.1, -0.05) is 6.92 Å². The molecule has 2 aliphatic heterocycles. The number of rotatable bonds is 3. The van der Waals surface area contributed by atoms with Crippen LogP contribution in [0.3, 0.4) is 0 Å². The van der Waals surface area contributed by atoms with Crippen LogP contribution in [0.4, 0.5) is 0 Å². The SMILES string of the molecule is CCC(C#N)N1CCN(C2CS(=O)(=O)CC2O)CC1. The molecule has 0 radical (unpaired) electrons. The zero-order chi connectivity index (χ0) is 14.0. The molecule has 0 amide bonds. The summed E-state index contributed by atoms with van der Waals surface area (Å²) >= 11 is 0. The van der Waals surface area contributed by atoms with E-state index in [2.05, 4.69) is 15.9 Å². The molecular weight excluding hydrogens is 266 g/mol. The van der Waals surface area contributed by atoms with Crippen LogP contribution in [0.5, 0.6) is 0 Å². The minimum Gasteiger partial charge on any atom is -0.390 e. The molecule has 7 heteroatoms. The van der Waals surface area contributed by atoms with Crippen LogP contribution in [0, 0.1) is 11.3 Å². The number of piperazine rings is 1. The zero-order valence-corrected chi connectivity index (χ0v) is 12.0. The Hall–Kier alpha value is -0.680. The van der Waals surface area contributed by atoms with Crippen molar-refractivity contribution in [1.29, 1.82) is 5.26 Å². The molecule has 0 saturated carbocycles. The van der Waals surface area contributed by atoms with E-state index in [0.29, 0.717) is 0 Å². The predicted octanol–water partition coefficient (Wildman–Crippen LogP) is -0.936. The van der Waals surface area contributed by atoms with Gasteiger partial charge in [0.1, 0.15) is 0 Å². The quantitative estimate of drug-likeness (QED) is 0.721. The van der Waals surface area contributed by atoms with Crippen LogP contribution in [0.1, 0.15) is 13.3 Å². The number of nitrogens with zero attached hydrogens (tertiary/aromatic N) is 3. The lowest BCUT2D eigenvalue weighted by atomic mass is 10.1. The Morgan fingerprint density at radius 2 is 1.95 bits per heavy atom. The smallest absolute Gasteiger partial charge is 0.154 e. The fourth-order valence-corrected chi connectivity index (χ4v) is 4.80. The highest BCUT2D eigenvalue weighted by Crippen LogP contribution is 2.20. The van der Waals surface area contributed by atoms with Crippen LogP contribution >= 0.6 is 0 Å². The summed E-state index contributed by atoms with van der Waals surface area (Å²) in [7, 11) is -3.09. The molecule has 3 atom stereocenters. The molecule has 0 spiro atoms. The Kier molecular flexibility index (Phi) is 4.46. The predicted molar refractivity (Wildman–Crippen MR) is 71.3 cm³/mol. The van der Waals surface area contributed by atoms with Gasteiger partial charge in [-0.2, -0.15) is 5.26 Å². The first-order valence-corrected chi connectivity index (χ1v) is 8.55. The first kappa shape index (κ1) is 14.7. The minimum atomic E-state index is -3.09. The van der Waals surface area contributed by atoms with Gasteiger partial charge in [-0.15, -0.1) is 0 Å². The Balaban J connectivity index is 1.92. The van der Waals surface area contributed by atoms with Crippen LogP contribution in [0.15, 0.2) is 0 Å². The second-order valence-electron chi connectivity index (χ2n) is 5.34. The molecule has 0 aromatic rings.